The first-order valence-electron chi connectivity index (χ1n) is 6.69. The molecule has 1 aromatic rings. The summed E-state index contributed by atoms with van der Waals surface area (Å²) in [5.41, 5.74) is 1.19. The van der Waals surface area contributed by atoms with Crippen LogP contribution in [0.2, 0.25) is 0 Å². The molecule has 0 aliphatic heterocycles. The van der Waals surface area contributed by atoms with Crippen molar-refractivity contribution in [2.75, 3.05) is 13.1 Å². The third-order valence-electron chi connectivity index (χ3n) is 3.44. The van der Waals surface area contributed by atoms with Crippen molar-refractivity contribution >= 4 is 0 Å². The molecule has 0 atom stereocenters. The summed E-state index contributed by atoms with van der Waals surface area (Å²) in [7, 11) is 0. The second-order valence-electron chi connectivity index (χ2n) is 4.68. The number of benzene rings is 1. The molecule has 0 amide bonds. The zero-order valence-electron chi connectivity index (χ0n) is 11.3. The zero-order chi connectivity index (χ0) is 12.7. The second kappa shape index (κ2) is 7.33. The predicted molar refractivity (Wildman–Crippen MR) is 73.1 cm³/mol. The summed E-state index contributed by atoms with van der Waals surface area (Å²) in [6.07, 6.45) is 2.49. The molecule has 0 unspecified atom stereocenters. The van der Waals surface area contributed by atoms with Crippen LogP contribution in [-0.4, -0.2) is 23.1 Å². The molecule has 1 N–H and O–H groups in total. The maximum atomic E-state index is 9.45. The average Bonchev–Trinajstić information content (AvgIpc) is 2.34. The Hall–Kier alpha value is -1.02. The molecule has 0 saturated heterocycles. The van der Waals surface area contributed by atoms with Gasteiger partial charge >= 0.3 is 0 Å². The number of rotatable bonds is 7. The van der Waals surface area contributed by atoms with Crippen LogP contribution in [0.25, 0.3) is 0 Å². The third-order valence-corrected chi connectivity index (χ3v) is 3.44. The molecule has 2 nitrogen and oxygen atoms in total. The van der Waals surface area contributed by atoms with Crippen molar-refractivity contribution in [3.63, 3.8) is 0 Å². The van der Waals surface area contributed by atoms with E-state index in [2.05, 4.69) is 31.7 Å². The molecule has 0 aliphatic carbocycles. The molecule has 96 valence electrons. The maximum absolute atomic E-state index is 9.45. The van der Waals surface area contributed by atoms with Gasteiger partial charge in [-0.2, -0.15) is 0 Å². The lowest BCUT2D eigenvalue weighted by molar-refractivity contribution is 0.226. The quantitative estimate of drug-likeness (QED) is 0.779. The van der Waals surface area contributed by atoms with Crippen LogP contribution in [0, 0.1) is 5.92 Å². The molecule has 0 saturated carbocycles. The number of hydrogen-bond donors (Lipinski definition) is 1. The SMILES string of the molecule is CCC(CC)CN(CC)Cc1cccc(O)c1. The first-order valence-corrected chi connectivity index (χ1v) is 6.69. The van der Waals surface area contributed by atoms with Gasteiger partial charge in [-0.05, 0) is 30.2 Å². The van der Waals surface area contributed by atoms with Gasteiger partial charge in [0, 0.05) is 13.1 Å². The van der Waals surface area contributed by atoms with Gasteiger partial charge in [-0.25, -0.2) is 0 Å². The van der Waals surface area contributed by atoms with E-state index in [-0.39, 0.29) is 0 Å². The largest absolute Gasteiger partial charge is 0.508 e. The number of hydrogen-bond acceptors (Lipinski definition) is 2. The highest BCUT2D eigenvalue weighted by molar-refractivity contribution is 5.26. The summed E-state index contributed by atoms with van der Waals surface area (Å²) < 4.78 is 0. The zero-order valence-corrected chi connectivity index (χ0v) is 11.3. The number of phenols is 1. The molecule has 1 aromatic carbocycles. The van der Waals surface area contributed by atoms with Crippen LogP contribution in [0.5, 0.6) is 5.75 Å². The summed E-state index contributed by atoms with van der Waals surface area (Å²) in [6.45, 7) is 9.87. The maximum Gasteiger partial charge on any atom is 0.115 e. The van der Waals surface area contributed by atoms with Crippen molar-refractivity contribution < 1.29 is 5.11 Å². The van der Waals surface area contributed by atoms with Crippen LogP contribution < -0.4 is 0 Å². The van der Waals surface area contributed by atoms with Gasteiger partial charge in [0.05, 0.1) is 0 Å². The molecule has 0 radical (unpaired) electrons. The Morgan fingerprint density at radius 2 is 1.88 bits per heavy atom. The molecule has 0 fully saturated rings. The molecule has 0 aromatic heterocycles. The topological polar surface area (TPSA) is 23.5 Å². The highest BCUT2D eigenvalue weighted by atomic mass is 16.3. The smallest absolute Gasteiger partial charge is 0.115 e. The molecule has 2 heteroatoms. The third kappa shape index (κ3) is 4.78. The Kier molecular flexibility index (Phi) is 6.06. The molecule has 17 heavy (non-hydrogen) atoms. The lowest BCUT2D eigenvalue weighted by Crippen LogP contribution is -2.28. The number of phenolic OH excluding ortho intramolecular Hbond substituents is 1. The van der Waals surface area contributed by atoms with Crippen LogP contribution in [-0.2, 0) is 6.54 Å². The summed E-state index contributed by atoms with van der Waals surface area (Å²) in [6, 6.07) is 7.57. The molecule has 0 heterocycles. The van der Waals surface area contributed by atoms with Gasteiger partial charge < -0.3 is 5.11 Å². The molecular formula is C15H25NO. The van der Waals surface area contributed by atoms with Crippen LogP contribution >= 0.6 is 0 Å². The van der Waals surface area contributed by atoms with E-state index in [1.165, 1.54) is 18.4 Å². The van der Waals surface area contributed by atoms with E-state index in [9.17, 15) is 5.11 Å². The van der Waals surface area contributed by atoms with E-state index in [0.717, 1.165) is 25.6 Å². The predicted octanol–water partition coefficient (Wildman–Crippen LogP) is 3.65. The van der Waals surface area contributed by atoms with Gasteiger partial charge in [-0.3, -0.25) is 4.90 Å². The van der Waals surface area contributed by atoms with Crippen molar-refractivity contribution in [2.24, 2.45) is 5.92 Å². The standard InChI is InChI=1S/C15H25NO/c1-4-13(5-2)11-16(6-3)12-14-8-7-9-15(17)10-14/h7-10,13,17H,4-6,11-12H2,1-3H3. The molecule has 0 spiro atoms. The van der Waals surface area contributed by atoms with Crippen LogP contribution in [0.1, 0.15) is 39.2 Å². The van der Waals surface area contributed by atoms with Gasteiger partial charge in [-0.1, -0.05) is 45.7 Å². The van der Waals surface area contributed by atoms with E-state index in [1.54, 1.807) is 6.07 Å². The van der Waals surface area contributed by atoms with Gasteiger partial charge in [-0.15, -0.1) is 0 Å². The van der Waals surface area contributed by atoms with Crippen LogP contribution in [0.4, 0.5) is 0 Å². The van der Waals surface area contributed by atoms with Gasteiger partial charge in [0.1, 0.15) is 5.75 Å². The lowest BCUT2D eigenvalue weighted by atomic mass is 10.0. The Balaban J connectivity index is 2.57. The van der Waals surface area contributed by atoms with E-state index in [1.807, 2.05) is 12.1 Å². The van der Waals surface area contributed by atoms with Crippen LogP contribution in [0.15, 0.2) is 24.3 Å². The number of aromatic hydroxyl groups is 1. The summed E-state index contributed by atoms with van der Waals surface area (Å²) >= 11 is 0. The molecular weight excluding hydrogens is 210 g/mol. The van der Waals surface area contributed by atoms with Crippen molar-refractivity contribution in [2.45, 2.75) is 40.2 Å². The van der Waals surface area contributed by atoms with Crippen LogP contribution in [0.3, 0.4) is 0 Å². The average molecular weight is 235 g/mol. The lowest BCUT2D eigenvalue weighted by Gasteiger charge is -2.25. The molecule has 1 rings (SSSR count). The summed E-state index contributed by atoms with van der Waals surface area (Å²) in [5, 5.41) is 9.45. The monoisotopic (exact) mass is 235 g/mol. The Labute approximate surface area is 105 Å². The summed E-state index contributed by atoms with van der Waals surface area (Å²) in [4.78, 5) is 2.45. The number of nitrogens with zero attached hydrogens (tertiary/aromatic N) is 1. The van der Waals surface area contributed by atoms with E-state index in [0.29, 0.717) is 5.75 Å². The van der Waals surface area contributed by atoms with Crippen molar-refractivity contribution in [3.05, 3.63) is 29.8 Å². The van der Waals surface area contributed by atoms with Crippen molar-refractivity contribution in [1.29, 1.82) is 0 Å². The minimum atomic E-state index is 0.362. The van der Waals surface area contributed by atoms with E-state index in [4.69, 9.17) is 0 Å². The first kappa shape index (κ1) is 14.0. The van der Waals surface area contributed by atoms with E-state index < -0.39 is 0 Å². The molecule has 0 aliphatic rings. The fourth-order valence-corrected chi connectivity index (χ4v) is 2.13. The van der Waals surface area contributed by atoms with Crippen molar-refractivity contribution in [3.8, 4) is 5.75 Å². The Morgan fingerprint density at radius 3 is 2.41 bits per heavy atom. The van der Waals surface area contributed by atoms with E-state index >= 15 is 0 Å². The fourth-order valence-electron chi connectivity index (χ4n) is 2.13. The highest BCUT2D eigenvalue weighted by Crippen LogP contribution is 2.15. The summed E-state index contributed by atoms with van der Waals surface area (Å²) in [5.74, 6) is 1.15. The van der Waals surface area contributed by atoms with Crippen molar-refractivity contribution in [1.82, 2.24) is 4.90 Å². The minimum Gasteiger partial charge on any atom is -0.508 e. The van der Waals surface area contributed by atoms with Gasteiger partial charge in [0.15, 0.2) is 0 Å². The molecule has 0 bridgehead atoms. The Bertz CT molecular complexity index is 320. The Morgan fingerprint density at radius 1 is 1.18 bits per heavy atom. The second-order valence-corrected chi connectivity index (χ2v) is 4.68. The first-order chi connectivity index (χ1) is 8.19. The highest BCUT2D eigenvalue weighted by Gasteiger charge is 2.10. The normalized spacial score (nSPS) is 11.4. The fraction of sp³-hybridized carbons (Fsp3) is 0.600. The van der Waals surface area contributed by atoms with Gasteiger partial charge in [0.2, 0.25) is 0 Å². The van der Waals surface area contributed by atoms with Gasteiger partial charge in [0.25, 0.3) is 0 Å². The minimum absolute atomic E-state index is 0.362.